The monoisotopic (exact) mass is 332 g/mol. The first-order valence-corrected chi connectivity index (χ1v) is 7.70. The fourth-order valence-corrected chi connectivity index (χ4v) is 3.03. The highest BCUT2D eigenvalue weighted by Gasteiger charge is 2.35. The van der Waals surface area contributed by atoms with Crippen molar-refractivity contribution in [2.45, 2.75) is 12.0 Å². The molecule has 1 fully saturated rings. The van der Waals surface area contributed by atoms with E-state index < -0.39 is 6.03 Å². The third-order valence-corrected chi connectivity index (χ3v) is 4.22. The molecule has 120 valence electrons. The van der Waals surface area contributed by atoms with E-state index in [1.165, 1.54) is 0 Å². The number of halogens is 1. The van der Waals surface area contributed by atoms with Gasteiger partial charge in [-0.05, 0) is 17.7 Å². The lowest BCUT2D eigenvalue weighted by Gasteiger charge is -2.39. The minimum absolute atomic E-state index is 0.186. The number of nitrogens with two attached hydrogens (primary N) is 1. The van der Waals surface area contributed by atoms with Crippen LogP contribution in [0.15, 0.2) is 42.9 Å². The first kappa shape index (κ1) is 15.7. The fourth-order valence-electron chi connectivity index (χ4n) is 2.90. The number of carbonyl (C=O) groups is 1. The molecular weight excluding hydrogens is 316 g/mol. The normalized spacial score (nSPS) is 19.3. The van der Waals surface area contributed by atoms with Gasteiger partial charge in [0, 0.05) is 30.2 Å². The van der Waals surface area contributed by atoms with E-state index >= 15 is 0 Å². The maximum absolute atomic E-state index is 11.8. The van der Waals surface area contributed by atoms with Crippen LogP contribution in [0.1, 0.15) is 17.2 Å². The zero-order chi connectivity index (χ0) is 16.2. The smallest absolute Gasteiger partial charge is 0.315 e. The standard InChI is InChI=1S/C16H17ClN4O2/c17-12-3-1-11(2-4-12)15(13-9-19-5-6-20-13)14-10-23-8-7-21(14)16(18)22/h1-6,9,14-15H,7-8,10H2,(H2,18,22). The Morgan fingerprint density at radius 1 is 1.35 bits per heavy atom. The number of hydrogen-bond donors (Lipinski definition) is 1. The van der Waals surface area contributed by atoms with Gasteiger partial charge in [0.25, 0.3) is 0 Å². The van der Waals surface area contributed by atoms with E-state index in [-0.39, 0.29) is 12.0 Å². The van der Waals surface area contributed by atoms with Crippen molar-refractivity contribution in [3.8, 4) is 0 Å². The van der Waals surface area contributed by atoms with Gasteiger partial charge in [0.1, 0.15) is 0 Å². The molecule has 0 bridgehead atoms. The Labute approximate surface area is 139 Å². The highest BCUT2D eigenvalue weighted by atomic mass is 35.5. The topological polar surface area (TPSA) is 81.3 Å². The van der Waals surface area contributed by atoms with Crippen LogP contribution in [-0.4, -0.2) is 46.7 Å². The van der Waals surface area contributed by atoms with Crippen LogP contribution in [0, 0.1) is 0 Å². The second kappa shape index (κ2) is 6.93. The summed E-state index contributed by atoms with van der Waals surface area (Å²) in [6, 6.07) is 6.79. The second-order valence-electron chi connectivity index (χ2n) is 5.33. The molecule has 0 spiro atoms. The average Bonchev–Trinajstić information content (AvgIpc) is 2.58. The van der Waals surface area contributed by atoms with Gasteiger partial charge in [-0.3, -0.25) is 9.97 Å². The molecule has 0 aliphatic carbocycles. The number of nitrogens with zero attached hydrogens (tertiary/aromatic N) is 3. The number of morpholine rings is 1. The Hall–Kier alpha value is -2.18. The Bertz CT molecular complexity index is 666. The predicted octanol–water partition coefficient (Wildman–Crippen LogP) is 2.04. The van der Waals surface area contributed by atoms with Crippen LogP contribution in [0.3, 0.4) is 0 Å². The fraction of sp³-hybridized carbons (Fsp3) is 0.312. The van der Waals surface area contributed by atoms with Gasteiger partial charge in [-0.2, -0.15) is 0 Å². The summed E-state index contributed by atoms with van der Waals surface area (Å²) in [6.07, 6.45) is 4.95. The molecule has 1 aliphatic heterocycles. The first-order valence-electron chi connectivity index (χ1n) is 7.32. The molecule has 2 aromatic rings. The first-order chi connectivity index (χ1) is 11.2. The van der Waals surface area contributed by atoms with E-state index in [0.717, 1.165) is 11.3 Å². The summed E-state index contributed by atoms with van der Waals surface area (Å²) in [7, 11) is 0. The SMILES string of the molecule is NC(=O)N1CCOCC1C(c1ccc(Cl)cc1)c1cnccn1. The number of benzene rings is 1. The molecule has 1 aromatic heterocycles. The van der Waals surface area contributed by atoms with Crippen molar-refractivity contribution < 1.29 is 9.53 Å². The van der Waals surface area contributed by atoms with Crippen molar-refractivity contribution in [3.63, 3.8) is 0 Å². The van der Waals surface area contributed by atoms with Crippen LogP contribution in [-0.2, 0) is 4.74 Å². The minimum atomic E-state index is -0.457. The van der Waals surface area contributed by atoms with Crippen molar-refractivity contribution in [2.24, 2.45) is 5.73 Å². The third-order valence-electron chi connectivity index (χ3n) is 3.96. The summed E-state index contributed by atoms with van der Waals surface area (Å²) < 4.78 is 5.59. The Morgan fingerprint density at radius 2 is 2.13 bits per heavy atom. The van der Waals surface area contributed by atoms with Gasteiger partial charge >= 0.3 is 6.03 Å². The number of aromatic nitrogens is 2. The zero-order valence-corrected chi connectivity index (χ0v) is 13.2. The van der Waals surface area contributed by atoms with Crippen molar-refractivity contribution >= 4 is 17.6 Å². The molecular formula is C16H17ClN4O2. The van der Waals surface area contributed by atoms with E-state index in [2.05, 4.69) is 9.97 Å². The van der Waals surface area contributed by atoms with Crippen molar-refractivity contribution in [1.29, 1.82) is 0 Å². The second-order valence-corrected chi connectivity index (χ2v) is 5.77. The van der Waals surface area contributed by atoms with Gasteiger partial charge in [-0.15, -0.1) is 0 Å². The summed E-state index contributed by atoms with van der Waals surface area (Å²) in [5, 5.41) is 0.651. The number of amides is 2. The summed E-state index contributed by atoms with van der Waals surface area (Å²) in [5.41, 5.74) is 7.29. The molecule has 7 heteroatoms. The largest absolute Gasteiger partial charge is 0.377 e. The van der Waals surface area contributed by atoms with Crippen molar-refractivity contribution in [3.05, 3.63) is 59.1 Å². The van der Waals surface area contributed by atoms with Crippen LogP contribution in [0.2, 0.25) is 5.02 Å². The summed E-state index contributed by atoms with van der Waals surface area (Å²) >= 11 is 5.99. The molecule has 2 amide bonds. The van der Waals surface area contributed by atoms with Crippen LogP contribution in [0.25, 0.3) is 0 Å². The van der Waals surface area contributed by atoms with Gasteiger partial charge < -0.3 is 15.4 Å². The lowest BCUT2D eigenvalue weighted by molar-refractivity contribution is 0.00843. The third kappa shape index (κ3) is 3.43. The van der Waals surface area contributed by atoms with Crippen molar-refractivity contribution in [1.82, 2.24) is 14.9 Å². The quantitative estimate of drug-likeness (QED) is 0.932. The molecule has 1 aromatic carbocycles. The zero-order valence-electron chi connectivity index (χ0n) is 12.4. The summed E-state index contributed by atoms with van der Waals surface area (Å²) in [6.45, 7) is 1.34. The highest BCUT2D eigenvalue weighted by Crippen LogP contribution is 2.31. The predicted molar refractivity (Wildman–Crippen MR) is 86.2 cm³/mol. The van der Waals surface area contributed by atoms with E-state index in [1.807, 2.05) is 24.3 Å². The Kier molecular flexibility index (Phi) is 4.73. The summed E-state index contributed by atoms with van der Waals surface area (Å²) in [4.78, 5) is 22.0. The van der Waals surface area contributed by atoms with Gasteiger partial charge in [0.2, 0.25) is 0 Å². The Balaban J connectivity index is 2.04. The lowest BCUT2D eigenvalue weighted by Crippen LogP contribution is -2.53. The van der Waals surface area contributed by atoms with Gasteiger partial charge in [0.05, 0.1) is 30.9 Å². The number of rotatable bonds is 3. The van der Waals surface area contributed by atoms with E-state index in [0.29, 0.717) is 24.8 Å². The molecule has 6 nitrogen and oxygen atoms in total. The van der Waals surface area contributed by atoms with Crippen LogP contribution >= 0.6 is 11.6 Å². The minimum Gasteiger partial charge on any atom is -0.377 e. The number of primary amides is 1. The van der Waals surface area contributed by atoms with Gasteiger partial charge in [-0.25, -0.2) is 4.79 Å². The molecule has 23 heavy (non-hydrogen) atoms. The number of carbonyl (C=O) groups excluding carboxylic acids is 1. The summed E-state index contributed by atoms with van der Waals surface area (Å²) in [5.74, 6) is -0.186. The molecule has 0 saturated carbocycles. The molecule has 3 rings (SSSR count). The van der Waals surface area contributed by atoms with Gasteiger partial charge in [-0.1, -0.05) is 23.7 Å². The number of urea groups is 1. The number of ether oxygens (including phenoxy) is 1. The molecule has 0 radical (unpaired) electrons. The maximum Gasteiger partial charge on any atom is 0.315 e. The van der Waals surface area contributed by atoms with Crippen LogP contribution < -0.4 is 5.73 Å². The maximum atomic E-state index is 11.8. The molecule has 1 saturated heterocycles. The Morgan fingerprint density at radius 3 is 2.78 bits per heavy atom. The number of hydrogen-bond acceptors (Lipinski definition) is 4. The van der Waals surface area contributed by atoms with E-state index in [1.54, 1.807) is 23.5 Å². The van der Waals surface area contributed by atoms with E-state index in [9.17, 15) is 4.79 Å². The van der Waals surface area contributed by atoms with Crippen LogP contribution in [0.5, 0.6) is 0 Å². The molecule has 2 heterocycles. The van der Waals surface area contributed by atoms with E-state index in [4.69, 9.17) is 22.1 Å². The highest BCUT2D eigenvalue weighted by molar-refractivity contribution is 6.30. The molecule has 2 atom stereocenters. The van der Waals surface area contributed by atoms with Crippen LogP contribution in [0.4, 0.5) is 4.79 Å². The van der Waals surface area contributed by atoms with Crippen molar-refractivity contribution in [2.75, 3.05) is 19.8 Å². The average molecular weight is 333 g/mol. The lowest BCUT2D eigenvalue weighted by atomic mass is 9.87. The molecule has 1 aliphatic rings. The van der Waals surface area contributed by atoms with Gasteiger partial charge in [0.15, 0.2) is 0 Å². The molecule has 2 unspecified atom stereocenters. The molecule has 2 N–H and O–H groups in total.